The summed E-state index contributed by atoms with van der Waals surface area (Å²) in [7, 11) is 0. The van der Waals surface area contributed by atoms with E-state index in [2.05, 4.69) is 15.2 Å². The van der Waals surface area contributed by atoms with Crippen LogP contribution in [0.5, 0.6) is 0 Å². The number of halogens is 1. The summed E-state index contributed by atoms with van der Waals surface area (Å²) in [5.41, 5.74) is 2.84. The molecule has 1 aliphatic heterocycles. The minimum atomic E-state index is -0.311. The van der Waals surface area contributed by atoms with Crippen molar-refractivity contribution in [3.8, 4) is 0 Å². The number of rotatable bonds is 2. The number of carbonyl (C=O) groups excluding carboxylic acids is 1. The average molecular weight is 388 g/mol. The Bertz CT molecular complexity index is 1350. The highest BCUT2D eigenvalue weighted by Crippen LogP contribution is 2.30. The highest BCUT2D eigenvalue weighted by molar-refractivity contribution is 6.05. The standard InChI is InChI=1S/C22H17FN4O2/c23-14-5-6-15-18(12-24-19(15)11-14)13-7-9-27(10-8-13)22(29)20-16-3-1-2-4-17(16)21(28)26-25-20/h1-7,11-12,24H,8-10H2,(H,26,28). The second kappa shape index (κ2) is 6.70. The van der Waals surface area contributed by atoms with E-state index in [4.69, 9.17) is 0 Å². The van der Waals surface area contributed by atoms with Gasteiger partial charge in [-0.3, -0.25) is 9.59 Å². The lowest BCUT2D eigenvalue weighted by Crippen LogP contribution is -2.36. The van der Waals surface area contributed by atoms with E-state index in [0.29, 0.717) is 30.3 Å². The second-order valence-corrected chi connectivity index (χ2v) is 7.07. The number of hydrogen-bond acceptors (Lipinski definition) is 3. The lowest BCUT2D eigenvalue weighted by atomic mass is 9.98. The first-order valence-corrected chi connectivity index (χ1v) is 9.34. The molecule has 4 aromatic rings. The van der Waals surface area contributed by atoms with Crippen molar-refractivity contribution in [2.45, 2.75) is 6.42 Å². The Labute approximate surface area is 164 Å². The van der Waals surface area contributed by atoms with Crippen LogP contribution in [-0.4, -0.2) is 39.1 Å². The van der Waals surface area contributed by atoms with Crippen molar-refractivity contribution in [3.63, 3.8) is 0 Å². The smallest absolute Gasteiger partial charge is 0.275 e. The summed E-state index contributed by atoms with van der Waals surface area (Å²) in [6, 6.07) is 11.7. The Morgan fingerprint density at radius 3 is 2.72 bits per heavy atom. The van der Waals surface area contributed by atoms with Gasteiger partial charge in [0.05, 0.1) is 5.39 Å². The topological polar surface area (TPSA) is 81.8 Å². The zero-order valence-corrected chi connectivity index (χ0v) is 15.4. The first-order valence-electron chi connectivity index (χ1n) is 9.34. The second-order valence-electron chi connectivity index (χ2n) is 7.07. The quantitative estimate of drug-likeness (QED) is 0.552. The number of aromatic amines is 2. The molecule has 3 heterocycles. The van der Waals surface area contributed by atoms with Gasteiger partial charge in [-0.25, -0.2) is 9.49 Å². The van der Waals surface area contributed by atoms with Crippen molar-refractivity contribution in [2.24, 2.45) is 0 Å². The van der Waals surface area contributed by atoms with Crippen LogP contribution >= 0.6 is 0 Å². The molecule has 0 saturated carbocycles. The average Bonchev–Trinajstić information content (AvgIpc) is 3.17. The lowest BCUT2D eigenvalue weighted by Gasteiger charge is -2.26. The van der Waals surface area contributed by atoms with Gasteiger partial charge in [0.15, 0.2) is 5.69 Å². The summed E-state index contributed by atoms with van der Waals surface area (Å²) < 4.78 is 13.4. The number of hydrogen-bond donors (Lipinski definition) is 2. The van der Waals surface area contributed by atoms with Gasteiger partial charge in [0.1, 0.15) is 5.82 Å². The third-order valence-electron chi connectivity index (χ3n) is 5.38. The normalized spacial score (nSPS) is 14.4. The molecule has 1 amide bonds. The lowest BCUT2D eigenvalue weighted by molar-refractivity contribution is 0.0768. The summed E-state index contributed by atoms with van der Waals surface area (Å²) in [5.74, 6) is -0.491. The number of H-pyrrole nitrogens is 2. The highest BCUT2D eigenvalue weighted by Gasteiger charge is 2.23. The number of amides is 1. The molecule has 0 fully saturated rings. The Hall–Kier alpha value is -3.74. The van der Waals surface area contributed by atoms with E-state index in [0.717, 1.165) is 22.0 Å². The molecule has 7 heteroatoms. The van der Waals surface area contributed by atoms with E-state index in [-0.39, 0.29) is 23.0 Å². The van der Waals surface area contributed by atoms with E-state index in [1.165, 1.54) is 12.1 Å². The van der Waals surface area contributed by atoms with Crippen molar-refractivity contribution in [3.05, 3.63) is 82.2 Å². The molecule has 0 atom stereocenters. The van der Waals surface area contributed by atoms with Crippen molar-refractivity contribution < 1.29 is 9.18 Å². The van der Waals surface area contributed by atoms with E-state index in [1.54, 1.807) is 35.2 Å². The fraction of sp³-hybridized carbons (Fsp3) is 0.136. The van der Waals surface area contributed by atoms with Crippen LogP contribution in [0.15, 0.2) is 59.5 Å². The number of nitrogens with one attached hydrogen (secondary N) is 2. The summed E-state index contributed by atoms with van der Waals surface area (Å²) >= 11 is 0. The number of nitrogens with zero attached hydrogens (tertiary/aromatic N) is 2. The maximum atomic E-state index is 13.4. The summed E-state index contributed by atoms with van der Waals surface area (Å²) in [6.45, 7) is 0.977. The first kappa shape index (κ1) is 17.4. The van der Waals surface area contributed by atoms with E-state index in [9.17, 15) is 14.0 Å². The molecule has 2 aromatic heterocycles. The maximum Gasteiger partial charge on any atom is 0.275 e. The van der Waals surface area contributed by atoms with Gasteiger partial charge in [-0.2, -0.15) is 5.10 Å². The molecule has 5 rings (SSSR count). The molecule has 2 N–H and O–H groups in total. The van der Waals surface area contributed by atoms with Crippen molar-refractivity contribution in [2.75, 3.05) is 13.1 Å². The van der Waals surface area contributed by atoms with E-state index in [1.807, 2.05) is 12.3 Å². The molecule has 6 nitrogen and oxygen atoms in total. The molecule has 0 radical (unpaired) electrons. The molecule has 0 bridgehead atoms. The van der Waals surface area contributed by atoms with Crippen molar-refractivity contribution in [1.29, 1.82) is 0 Å². The van der Waals surface area contributed by atoms with Gasteiger partial charge >= 0.3 is 0 Å². The van der Waals surface area contributed by atoms with Gasteiger partial charge < -0.3 is 9.88 Å². The number of aromatic nitrogens is 3. The summed E-state index contributed by atoms with van der Waals surface area (Å²) in [4.78, 5) is 29.8. The van der Waals surface area contributed by atoms with Crippen LogP contribution in [0.4, 0.5) is 4.39 Å². The highest BCUT2D eigenvalue weighted by atomic mass is 19.1. The SMILES string of the molecule is O=C(c1n[nH]c(=O)c2ccccc12)N1CC=C(c2c[nH]c3cc(F)ccc23)CC1. The Balaban J connectivity index is 1.44. The zero-order valence-electron chi connectivity index (χ0n) is 15.4. The van der Waals surface area contributed by atoms with Crippen molar-refractivity contribution in [1.82, 2.24) is 20.1 Å². The van der Waals surface area contributed by atoms with Crippen molar-refractivity contribution >= 4 is 33.2 Å². The number of fused-ring (bicyclic) bond motifs is 2. The van der Waals surface area contributed by atoms with Gasteiger partial charge in [0, 0.05) is 41.1 Å². The van der Waals surface area contributed by atoms with Crippen LogP contribution in [0.1, 0.15) is 22.5 Å². The van der Waals surface area contributed by atoms with Gasteiger partial charge in [0.25, 0.3) is 11.5 Å². The molecule has 2 aromatic carbocycles. The molecule has 29 heavy (non-hydrogen) atoms. The third kappa shape index (κ3) is 2.91. The van der Waals surface area contributed by atoms with Crippen LogP contribution in [0.3, 0.4) is 0 Å². The number of carbonyl (C=O) groups is 1. The largest absolute Gasteiger partial charge is 0.360 e. The Kier molecular flexibility index (Phi) is 4.01. The van der Waals surface area contributed by atoms with Crippen LogP contribution in [-0.2, 0) is 0 Å². The molecule has 144 valence electrons. The van der Waals surface area contributed by atoms with Crippen LogP contribution in [0, 0.1) is 5.82 Å². The van der Waals surface area contributed by atoms with Gasteiger partial charge in [0.2, 0.25) is 0 Å². The van der Waals surface area contributed by atoms with Gasteiger partial charge in [-0.1, -0.05) is 24.3 Å². The van der Waals surface area contributed by atoms with E-state index < -0.39 is 0 Å². The van der Waals surface area contributed by atoms with Crippen LogP contribution in [0.2, 0.25) is 0 Å². The van der Waals surface area contributed by atoms with Crippen LogP contribution in [0.25, 0.3) is 27.2 Å². The minimum absolute atomic E-state index is 0.214. The first-order chi connectivity index (χ1) is 14.1. The number of benzene rings is 2. The maximum absolute atomic E-state index is 13.4. The van der Waals surface area contributed by atoms with Gasteiger partial charge in [-0.15, -0.1) is 0 Å². The molecular formula is C22H17FN4O2. The van der Waals surface area contributed by atoms with Gasteiger partial charge in [-0.05, 0) is 36.3 Å². The fourth-order valence-corrected chi connectivity index (χ4v) is 3.89. The third-order valence-corrected chi connectivity index (χ3v) is 5.38. The van der Waals surface area contributed by atoms with Crippen LogP contribution < -0.4 is 5.56 Å². The predicted molar refractivity (Wildman–Crippen MR) is 109 cm³/mol. The summed E-state index contributed by atoms with van der Waals surface area (Å²) in [5, 5.41) is 8.39. The Morgan fingerprint density at radius 1 is 1.10 bits per heavy atom. The molecule has 0 unspecified atom stereocenters. The molecule has 0 saturated heterocycles. The predicted octanol–water partition coefficient (Wildman–Crippen LogP) is 3.47. The molecule has 1 aliphatic rings. The molecule has 0 aliphatic carbocycles. The zero-order chi connectivity index (χ0) is 20.0. The minimum Gasteiger partial charge on any atom is -0.360 e. The molecule has 0 spiro atoms. The monoisotopic (exact) mass is 388 g/mol. The summed E-state index contributed by atoms with van der Waals surface area (Å²) in [6.07, 6.45) is 4.57. The van der Waals surface area contributed by atoms with E-state index >= 15 is 0 Å². The Morgan fingerprint density at radius 2 is 1.93 bits per heavy atom. The molecular weight excluding hydrogens is 371 g/mol. The fourth-order valence-electron chi connectivity index (χ4n) is 3.89.